The summed E-state index contributed by atoms with van der Waals surface area (Å²) in [7, 11) is 1.91. The Hall–Kier alpha value is -2.27. The maximum Gasteiger partial charge on any atom is 0.252 e. The van der Waals surface area contributed by atoms with Crippen molar-refractivity contribution in [2.24, 2.45) is 0 Å². The average molecular weight is 397 g/mol. The number of benzene rings is 2. The Morgan fingerprint density at radius 2 is 1.68 bits per heavy atom. The van der Waals surface area contributed by atoms with E-state index in [1.807, 2.05) is 66.5 Å². The van der Waals surface area contributed by atoms with Crippen molar-refractivity contribution in [3.8, 4) is 0 Å². The minimum absolute atomic E-state index is 0.111. The van der Waals surface area contributed by atoms with Crippen LogP contribution in [0.5, 0.6) is 0 Å². The maximum absolute atomic E-state index is 12.6. The number of rotatable bonds is 7. The first kappa shape index (κ1) is 20.5. The first-order valence-electron chi connectivity index (χ1n) is 9.95. The summed E-state index contributed by atoms with van der Waals surface area (Å²) >= 11 is 1.45. The number of carbonyl (C=O) groups excluding carboxylic acids is 2. The quantitative estimate of drug-likeness (QED) is 0.701. The van der Waals surface area contributed by atoms with Gasteiger partial charge in [-0.25, -0.2) is 0 Å². The number of amides is 2. The smallest absolute Gasteiger partial charge is 0.252 e. The van der Waals surface area contributed by atoms with Gasteiger partial charge >= 0.3 is 0 Å². The highest BCUT2D eigenvalue weighted by atomic mass is 32.2. The fourth-order valence-corrected chi connectivity index (χ4v) is 4.54. The van der Waals surface area contributed by atoms with E-state index in [0.29, 0.717) is 23.9 Å². The van der Waals surface area contributed by atoms with E-state index in [9.17, 15) is 9.59 Å². The van der Waals surface area contributed by atoms with Crippen molar-refractivity contribution in [3.63, 3.8) is 0 Å². The van der Waals surface area contributed by atoms with Gasteiger partial charge in [0.2, 0.25) is 5.91 Å². The predicted octanol–water partition coefficient (Wildman–Crippen LogP) is 4.50. The normalized spacial score (nSPS) is 14.5. The Labute approximate surface area is 171 Å². The summed E-state index contributed by atoms with van der Waals surface area (Å²) in [6, 6.07) is 17.7. The molecule has 0 bridgehead atoms. The van der Waals surface area contributed by atoms with E-state index < -0.39 is 0 Å². The predicted molar refractivity (Wildman–Crippen MR) is 114 cm³/mol. The lowest BCUT2D eigenvalue weighted by Crippen LogP contribution is -2.39. The lowest BCUT2D eigenvalue weighted by atomic mass is 9.94. The van der Waals surface area contributed by atoms with Crippen LogP contribution in [0.3, 0.4) is 0 Å². The molecule has 2 aromatic carbocycles. The topological polar surface area (TPSA) is 49.4 Å². The molecule has 1 N–H and O–H groups in total. The van der Waals surface area contributed by atoms with Crippen LogP contribution in [0.4, 0.5) is 0 Å². The summed E-state index contributed by atoms with van der Waals surface area (Å²) < 4.78 is 0. The number of thioether (sulfide) groups is 1. The van der Waals surface area contributed by atoms with Crippen LogP contribution >= 0.6 is 11.8 Å². The molecule has 148 valence electrons. The lowest BCUT2D eigenvalue weighted by Gasteiger charge is -2.31. The van der Waals surface area contributed by atoms with Gasteiger partial charge in [0.15, 0.2) is 0 Å². The molecule has 1 saturated carbocycles. The SMILES string of the molecule is CN(C(=O)CSc1ccccc1C(=O)NCc1ccccc1)C1CCCCC1. The van der Waals surface area contributed by atoms with E-state index in [-0.39, 0.29) is 11.8 Å². The van der Waals surface area contributed by atoms with Crippen LogP contribution in [0.2, 0.25) is 0 Å². The zero-order valence-electron chi connectivity index (χ0n) is 16.4. The molecule has 2 amide bonds. The fraction of sp³-hybridized carbons (Fsp3) is 0.391. The van der Waals surface area contributed by atoms with Crippen LogP contribution in [0.15, 0.2) is 59.5 Å². The molecule has 0 heterocycles. The largest absolute Gasteiger partial charge is 0.348 e. The molecule has 0 unspecified atom stereocenters. The number of nitrogens with one attached hydrogen (secondary N) is 1. The summed E-state index contributed by atoms with van der Waals surface area (Å²) in [6.45, 7) is 0.488. The van der Waals surface area contributed by atoms with Gasteiger partial charge in [0, 0.05) is 24.5 Å². The van der Waals surface area contributed by atoms with E-state index >= 15 is 0 Å². The Morgan fingerprint density at radius 1 is 1.00 bits per heavy atom. The van der Waals surface area contributed by atoms with E-state index in [4.69, 9.17) is 0 Å². The summed E-state index contributed by atoms with van der Waals surface area (Å²) in [6.07, 6.45) is 5.90. The van der Waals surface area contributed by atoms with Gasteiger partial charge in [-0.1, -0.05) is 61.7 Å². The van der Waals surface area contributed by atoms with E-state index in [1.165, 1.54) is 31.0 Å². The molecular formula is C23H28N2O2S. The fourth-order valence-electron chi connectivity index (χ4n) is 3.57. The summed E-state index contributed by atoms with van der Waals surface area (Å²) in [5, 5.41) is 2.97. The van der Waals surface area contributed by atoms with Gasteiger partial charge in [0.25, 0.3) is 5.91 Å². The first-order valence-corrected chi connectivity index (χ1v) is 10.9. The standard InChI is InChI=1S/C23H28N2O2S/c1-25(19-12-6-3-7-13-19)22(26)17-28-21-15-9-8-14-20(21)23(27)24-16-18-10-4-2-5-11-18/h2,4-5,8-11,14-15,19H,3,6-7,12-13,16-17H2,1H3,(H,24,27). The summed E-state index contributed by atoms with van der Waals surface area (Å²) in [5.41, 5.74) is 1.68. The molecule has 1 aliphatic carbocycles. The zero-order valence-corrected chi connectivity index (χ0v) is 17.2. The van der Waals surface area contributed by atoms with Crippen molar-refractivity contribution in [1.29, 1.82) is 0 Å². The van der Waals surface area contributed by atoms with Crippen LogP contribution in [0.25, 0.3) is 0 Å². The number of nitrogens with zero attached hydrogens (tertiary/aromatic N) is 1. The highest BCUT2D eigenvalue weighted by Crippen LogP contribution is 2.25. The molecular weight excluding hydrogens is 368 g/mol. The van der Waals surface area contributed by atoms with Crippen LogP contribution in [0.1, 0.15) is 48.0 Å². The molecule has 0 radical (unpaired) electrons. The molecule has 0 saturated heterocycles. The number of hydrogen-bond acceptors (Lipinski definition) is 3. The molecule has 1 fully saturated rings. The van der Waals surface area contributed by atoms with Crippen molar-refractivity contribution in [1.82, 2.24) is 10.2 Å². The minimum atomic E-state index is -0.111. The third-order valence-electron chi connectivity index (χ3n) is 5.29. The van der Waals surface area contributed by atoms with E-state index in [2.05, 4.69) is 5.32 Å². The molecule has 0 spiro atoms. The van der Waals surface area contributed by atoms with Crippen molar-refractivity contribution in [2.45, 2.75) is 49.6 Å². The van der Waals surface area contributed by atoms with Gasteiger partial charge in [-0.2, -0.15) is 0 Å². The van der Waals surface area contributed by atoms with Crippen molar-refractivity contribution >= 4 is 23.6 Å². The maximum atomic E-state index is 12.6. The van der Waals surface area contributed by atoms with Crippen LogP contribution in [0, 0.1) is 0 Å². The van der Waals surface area contributed by atoms with Crippen LogP contribution in [-0.2, 0) is 11.3 Å². The highest BCUT2D eigenvalue weighted by Gasteiger charge is 2.22. The second-order valence-electron chi connectivity index (χ2n) is 7.25. The van der Waals surface area contributed by atoms with E-state index in [0.717, 1.165) is 23.3 Å². The highest BCUT2D eigenvalue weighted by molar-refractivity contribution is 8.00. The second kappa shape index (κ2) is 10.3. The Balaban J connectivity index is 1.57. The molecule has 4 nitrogen and oxygen atoms in total. The molecule has 0 atom stereocenters. The van der Waals surface area contributed by atoms with Crippen molar-refractivity contribution in [2.75, 3.05) is 12.8 Å². The summed E-state index contributed by atoms with van der Waals surface area (Å²) in [5.74, 6) is 0.382. The van der Waals surface area contributed by atoms with Gasteiger partial charge in [0.1, 0.15) is 0 Å². The molecule has 2 aromatic rings. The Morgan fingerprint density at radius 3 is 2.43 bits per heavy atom. The average Bonchev–Trinajstić information content (AvgIpc) is 2.76. The van der Waals surface area contributed by atoms with Crippen LogP contribution < -0.4 is 5.32 Å². The first-order chi connectivity index (χ1) is 13.6. The van der Waals surface area contributed by atoms with Gasteiger partial charge < -0.3 is 10.2 Å². The van der Waals surface area contributed by atoms with E-state index in [1.54, 1.807) is 0 Å². The molecule has 0 aromatic heterocycles. The van der Waals surface area contributed by atoms with Gasteiger partial charge in [-0.05, 0) is 30.5 Å². The van der Waals surface area contributed by atoms with Crippen LogP contribution in [-0.4, -0.2) is 35.6 Å². The monoisotopic (exact) mass is 396 g/mol. The third kappa shape index (κ3) is 5.61. The minimum Gasteiger partial charge on any atom is -0.348 e. The van der Waals surface area contributed by atoms with Crippen molar-refractivity contribution in [3.05, 3.63) is 65.7 Å². The summed E-state index contributed by atoms with van der Waals surface area (Å²) in [4.78, 5) is 28.0. The van der Waals surface area contributed by atoms with Crippen molar-refractivity contribution < 1.29 is 9.59 Å². The van der Waals surface area contributed by atoms with Gasteiger partial charge in [-0.3, -0.25) is 9.59 Å². The third-order valence-corrected chi connectivity index (χ3v) is 6.35. The zero-order chi connectivity index (χ0) is 19.8. The molecule has 3 rings (SSSR count). The molecule has 5 heteroatoms. The van der Waals surface area contributed by atoms with Gasteiger partial charge in [0.05, 0.1) is 11.3 Å². The Kier molecular flexibility index (Phi) is 7.54. The Bertz CT molecular complexity index is 788. The second-order valence-corrected chi connectivity index (χ2v) is 8.27. The lowest BCUT2D eigenvalue weighted by molar-refractivity contribution is -0.129. The number of hydrogen-bond donors (Lipinski definition) is 1. The number of carbonyl (C=O) groups is 2. The molecule has 1 aliphatic rings. The molecule has 28 heavy (non-hydrogen) atoms. The van der Waals surface area contributed by atoms with Gasteiger partial charge in [-0.15, -0.1) is 11.8 Å². The molecule has 0 aliphatic heterocycles.